The molecule has 3 aromatic rings. The van der Waals surface area contributed by atoms with Gasteiger partial charge in [0.05, 0.1) is 24.7 Å². The van der Waals surface area contributed by atoms with Gasteiger partial charge in [-0.2, -0.15) is 0 Å². The maximum atomic E-state index is 12.4. The van der Waals surface area contributed by atoms with Crippen molar-refractivity contribution in [2.45, 2.75) is 89.1 Å². The zero-order valence-corrected chi connectivity index (χ0v) is 27.2. The quantitative estimate of drug-likeness (QED) is 0.157. The number of aromatic hydroxyl groups is 3. The van der Waals surface area contributed by atoms with Gasteiger partial charge in [0, 0.05) is 49.9 Å². The molecule has 2 aliphatic carbocycles. The number of carbonyl (C=O) groups is 1. The van der Waals surface area contributed by atoms with Crippen LogP contribution in [0.3, 0.4) is 0 Å². The average molecular weight is 654 g/mol. The summed E-state index contributed by atoms with van der Waals surface area (Å²) in [7, 11) is 0. The molecule has 3 fully saturated rings. The molecule has 252 valence electrons. The van der Waals surface area contributed by atoms with Crippen LogP contribution in [0.4, 0.5) is 0 Å². The predicted molar refractivity (Wildman–Crippen MR) is 177 cm³/mol. The standard InChI is InChI=1S/C39H43NO8/c1-23(41)46-35-21-34(28-19-32(43)38(44)37(20-28)45-16-14-24-5-4-15-40-22-24)48-39-29(35)12-11-26-9-10-27-6-2-3-7-33(27)47-36-18-25(17-30(26)39)8-13-31(36)42/h4-5,8,13,15,18-20,22,26-27,29-30,33-35,39,42-44H,2-3,6-7,11-12,14,16-17,21H2,1H3/t26-,27+,29+,30-,33+,34+,35+,39-/m1/s1. The van der Waals surface area contributed by atoms with Gasteiger partial charge in [0.25, 0.3) is 0 Å². The first-order chi connectivity index (χ1) is 23.3. The van der Waals surface area contributed by atoms with Crippen LogP contribution >= 0.6 is 0 Å². The van der Waals surface area contributed by atoms with Gasteiger partial charge >= 0.3 is 5.97 Å². The van der Waals surface area contributed by atoms with E-state index in [0.29, 0.717) is 30.6 Å². The lowest BCUT2D eigenvalue weighted by Crippen LogP contribution is -2.51. The normalized spacial score (nSPS) is 29.3. The minimum atomic E-state index is -0.533. The number of aromatic nitrogens is 1. The Hall–Kier alpha value is -4.42. The van der Waals surface area contributed by atoms with Crippen molar-refractivity contribution in [2.24, 2.45) is 23.7 Å². The minimum absolute atomic E-state index is 0.0180. The van der Waals surface area contributed by atoms with E-state index in [1.807, 2.05) is 24.3 Å². The van der Waals surface area contributed by atoms with Gasteiger partial charge in [-0.1, -0.05) is 30.4 Å². The Morgan fingerprint density at radius 3 is 2.67 bits per heavy atom. The van der Waals surface area contributed by atoms with E-state index >= 15 is 0 Å². The number of hydrogen-bond donors (Lipinski definition) is 3. The van der Waals surface area contributed by atoms with Gasteiger partial charge in [-0.15, -0.1) is 0 Å². The first kappa shape index (κ1) is 32.1. The van der Waals surface area contributed by atoms with E-state index in [1.165, 1.54) is 13.0 Å². The lowest BCUT2D eigenvalue weighted by atomic mass is 9.66. The van der Waals surface area contributed by atoms with Gasteiger partial charge in [0.15, 0.2) is 23.0 Å². The number of benzene rings is 2. The molecule has 2 aliphatic heterocycles. The predicted octanol–water partition coefficient (Wildman–Crippen LogP) is 6.42. The number of nitrogens with zero attached hydrogens (tertiary/aromatic N) is 1. The van der Waals surface area contributed by atoms with Crippen LogP contribution in [0.2, 0.25) is 0 Å². The highest BCUT2D eigenvalue weighted by molar-refractivity contribution is 5.66. The third-order valence-electron chi connectivity index (χ3n) is 10.5. The van der Waals surface area contributed by atoms with Crippen molar-refractivity contribution in [3.63, 3.8) is 0 Å². The first-order valence-electron chi connectivity index (χ1n) is 17.2. The summed E-state index contributed by atoms with van der Waals surface area (Å²) in [5.74, 6) is 7.15. The molecule has 2 aromatic carbocycles. The zero-order valence-electron chi connectivity index (χ0n) is 27.2. The van der Waals surface area contributed by atoms with Crippen LogP contribution < -0.4 is 9.47 Å². The summed E-state index contributed by atoms with van der Waals surface area (Å²) in [6.45, 7) is 1.71. The monoisotopic (exact) mass is 653 g/mol. The fourth-order valence-electron chi connectivity index (χ4n) is 8.09. The van der Waals surface area contributed by atoms with E-state index in [9.17, 15) is 20.1 Å². The molecule has 1 aromatic heterocycles. The summed E-state index contributed by atoms with van der Waals surface area (Å²) in [4.78, 5) is 16.5. The fourth-order valence-corrected chi connectivity index (χ4v) is 8.09. The van der Waals surface area contributed by atoms with Gasteiger partial charge in [-0.05, 0) is 85.5 Å². The van der Waals surface area contributed by atoms with Crippen LogP contribution in [0.25, 0.3) is 0 Å². The van der Waals surface area contributed by atoms with Gasteiger partial charge in [-0.3, -0.25) is 9.78 Å². The number of phenolic OH excluding ortho intramolecular Hbond substituents is 3. The van der Waals surface area contributed by atoms with Gasteiger partial charge in [0.1, 0.15) is 12.2 Å². The molecule has 0 amide bonds. The lowest BCUT2D eigenvalue weighted by molar-refractivity contribution is -0.196. The second kappa shape index (κ2) is 14.0. The molecular weight excluding hydrogens is 610 g/mol. The summed E-state index contributed by atoms with van der Waals surface area (Å²) in [6.07, 6.45) is 9.54. The van der Waals surface area contributed by atoms with E-state index < -0.39 is 12.2 Å². The Kier molecular flexibility index (Phi) is 9.36. The van der Waals surface area contributed by atoms with Crippen LogP contribution in [-0.2, 0) is 27.1 Å². The smallest absolute Gasteiger partial charge is 0.302 e. The Morgan fingerprint density at radius 1 is 0.979 bits per heavy atom. The van der Waals surface area contributed by atoms with E-state index in [-0.39, 0.29) is 71.5 Å². The highest BCUT2D eigenvalue weighted by atomic mass is 16.6. The average Bonchev–Trinajstić information content (AvgIpc) is 3.10. The number of ether oxygens (including phenoxy) is 4. The van der Waals surface area contributed by atoms with Crippen molar-refractivity contribution >= 4 is 5.97 Å². The lowest BCUT2D eigenvalue weighted by Gasteiger charge is -2.49. The summed E-state index contributed by atoms with van der Waals surface area (Å²) in [5, 5.41) is 32.2. The molecule has 1 saturated heterocycles. The second-order valence-corrected chi connectivity index (χ2v) is 13.7. The minimum Gasteiger partial charge on any atom is -0.504 e. The molecule has 3 heterocycles. The van der Waals surface area contributed by atoms with Crippen molar-refractivity contribution < 1.29 is 39.1 Å². The Bertz CT molecular complexity index is 1680. The van der Waals surface area contributed by atoms with E-state index in [4.69, 9.17) is 18.9 Å². The number of pyridine rings is 1. The molecule has 2 saturated carbocycles. The third kappa shape index (κ3) is 6.91. The van der Waals surface area contributed by atoms with Gasteiger partial charge < -0.3 is 34.3 Å². The second-order valence-electron chi connectivity index (χ2n) is 13.7. The molecule has 48 heavy (non-hydrogen) atoms. The molecule has 9 nitrogen and oxygen atoms in total. The SMILES string of the molecule is CC(=O)O[C@H]1C[C@@H](c2cc(O)c(O)c(OCCc3cccnc3)c2)O[C@@H]2[C@H]1CC[C@H]1C#C[C@@H]3CCCC[C@@H]3Oc3cc(ccc3O)C[C@@H]21. The van der Waals surface area contributed by atoms with Crippen LogP contribution in [0.5, 0.6) is 28.7 Å². The van der Waals surface area contributed by atoms with E-state index in [1.54, 1.807) is 24.5 Å². The van der Waals surface area contributed by atoms with Crippen molar-refractivity contribution in [1.82, 2.24) is 4.98 Å². The molecule has 0 unspecified atom stereocenters. The van der Waals surface area contributed by atoms with Crippen molar-refractivity contribution in [2.75, 3.05) is 6.61 Å². The number of carbonyl (C=O) groups excluding carboxylic acids is 1. The van der Waals surface area contributed by atoms with Crippen LogP contribution in [0, 0.1) is 35.5 Å². The Morgan fingerprint density at radius 2 is 1.83 bits per heavy atom. The van der Waals surface area contributed by atoms with Crippen LogP contribution in [0.1, 0.15) is 74.7 Å². The van der Waals surface area contributed by atoms with Crippen molar-refractivity contribution in [1.29, 1.82) is 0 Å². The summed E-state index contributed by atoms with van der Waals surface area (Å²) >= 11 is 0. The first-order valence-corrected chi connectivity index (χ1v) is 17.2. The molecule has 9 heteroatoms. The third-order valence-corrected chi connectivity index (χ3v) is 10.5. The molecule has 4 aliphatic rings. The number of hydrogen-bond acceptors (Lipinski definition) is 9. The van der Waals surface area contributed by atoms with Crippen molar-refractivity contribution in [3.8, 4) is 40.6 Å². The topological polar surface area (TPSA) is 128 Å². The molecule has 7 rings (SSSR count). The zero-order chi connectivity index (χ0) is 33.2. The number of esters is 1. The largest absolute Gasteiger partial charge is 0.504 e. The maximum absolute atomic E-state index is 12.4. The molecule has 3 N–H and O–H groups in total. The van der Waals surface area contributed by atoms with E-state index in [0.717, 1.165) is 49.7 Å². The van der Waals surface area contributed by atoms with Crippen molar-refractivity contribution in [3.05, 3.63) is 71.5 Å². The molecule has 2 bridgehead atoms. The van der Waals surface area contributed by atoms with Crippen LogP contribution in [-0.4, -0.2) is 51.2 Å². The Labute approximate surface area is 281 Å². The summed E-state index contributed by atoms with van der Waals surface area (Å²) in [5.41, 5.74) is 2.65. The highest BCUT2D eigenvalue weighted by Gasteiger charge is 2.49. The number of rotatable bonds is 6. The summed E-state index contributed by atoms with van der Waals surface area (Å²) in [6, 6.07) is 12.6. The molecule has 0 spiro atoms. The Balaban J connectivity index is 1.20. The van der Waals surface area contributed by atoms with Gasteiger partial charge in [-0.25, -0.2) is 0 Å². The number of phenols is 3. The van der Waals surface area contributed by atoms with Crippen LogP contribution in [0.15, 0.2) is 54.9 Å². The number of fused-ring (bicyclic) bond motifs is 6. The molecule has 0 radical (unpaired) electrons. The molecule has 8 atom stereocenters. The fraction of sp³-hybridized carbons (Fsp3) is 0.487. The van der Waals surface area contributed by atoms with Gasteiger partial charge in [0.2, 0.25) is 5.75 Å². The highest BCUT2D eigenvalue weighted by Crippen LogP contribution is 2.50. The molecular formula is C39H43NO8. The maximum Gasteiger partial charge on any atom is 0.302 e. The van der Waals surface area contributed by atoms with E-state index in [2.05, 4.69) is 16.8 Å². The summed E-state index contributed by atoms with van der Waals surface area (Å²) < 4.78 is 25.3.